The van der Waals surface area contributed by atoms with E-state index in [4.69, 9.17) is 9.47 Å². The van der Waals surface area contributed by atoms with Gasteiger partial charge in [0.25, 0.3) is 5.91 Å². The molecule has 0 spiro atoms. The van der Waals surface area contributed by atoms with Crippen molar-refractivity contribution in [3.05, 3.63) is 59.0 Å². The minimum absolute atomic E-state index is 0.282. The summed E-state index contributed by atoms with van der Waals surface area (Å²) in [7, 11) is 1.34. The van der Waals surface area contributed by atoms with Crippen molar-refractivity contribution in [3.8, 4) is 0 Å². The molecule has 0 bridgehead atoms. The van der Waals surface area contributed by atoms with Crippen LogP contribution in [0.1, 0.15) is 33.9 Å². The van der Waals surface area contributed by atoms with E-state index in [0.717, 1.165) is 10.1 Å². The van der Waals surface area contributed by atoms with Crippen molar-refractivity contribution < 1.29 is 23.9 Å². The Balaban J connectivity index is 1.80. The number of hydrogen-bond donors (Lipinski definition) is 1. The first-order valence-corrected chi connectivity index (χ1v) is 11.0. The van der Waals surface area contributed by atoms with Crippen molar-refractivity contribution in [1.82, 2.24) is 0 Å². The molecule has 1 N–H and O–H groups in total. The molecule has 30 heavy (non-hydrogen) atoms. The fourth-order valence-corrected chi connectivity index (χ4v) is 4.74. The monoisotopic (exact) mass is 443 g/mol. The Kier molecular flexibility index (Phi) is 7.12. The summed E-state index contributed by atoms with van der Waals surface area (Å²) in [6, 6.07) is 14.3. The lowest BCUT2D eigenvalue weighted by Crippen LogP contribution is -2.17. The van der Waals surface area contributed by atoms with E-state index in [0.29, 0.717) is 27.6 Å². The summed E-state index contributed by atoms with van der Waals surface area (Å²) in [6.07, 6.45) is 0. The van der Waals surface area contributed by atoms with E-state index in [1.165, 1.54) is 30.2 Å². The van der Waals surface area contributed by atoms with Gasteiger partial charge in [0.1, 0.15) is 10.1 Å². The third-order valence-corrected chi connectivity index (χ3v) is 6.47. The lowest BCUT2D eigenvalue weighted by Gasteiger charge is -2.13. The minimum atomic E-state index is -0.438. The summed E-state index contributed by atoms with van der Waals surface area (Å²) >= 11 is 2.62. The van der Waals surface area contributed by atoms with E-state index in [-0.39, 0.29) is 17.8 Å². The third-order valence-electron chi connectivity index (χ3n) is 4.22. The Hall–Kier alpha value is -2.84. The number of amides is 1. The van der Waals surface area contributed by atoms with Gasteiger partial charge in [-0.05, 0) is 55.6 Å². The van der Waals surface area contributed by atoms with E-state index in [1.807, 2.05) is 18.2 Å². The van der Waals surface area contributed by atoms with E-state index >= 15 is 0 Å². The van der Waals surface area contributed by atoms with Crippen LogP contribution < -0.4 is 5.32 Å². The number of carbonyl (C=O) groups is 3. The van der Waals surface area contributed by atoms with Gasteiger partial charge in [-0.1, -0.05) is 12.1 Å². The number of nitrogens with one attached hydrogen (secondary N) is 1. The van der Waals surface area contributed by atoms with E-state index in [1.54, 1.807) is 44.2 Å². The number of ether oxygens (including phenoxy) is 2. The summed E-state index contributed by atoms with van der Waals surface area (Å²) < 4.78 is 10.7. The number of hydrogen-bond acceptors (Lipinski definition) is 7. The molecule has 1 unspecified atom stereocenters. The standard InChI is InChI=1S/C22H21NO5S2/c1-4-28-22(26)19-12-14-11-15(9-10-17(14)30-19)23-20(24)16-7-5-6-8-18(16)29-13(2)21(25)27-3/h5-13H,4H2,1-3H3,(H,23,24). The van der Waals surface area contributed by atoms with Crippen molar-refractivity contribution in [1.29, 1.82) is 0 Å². The highest BCUT2D eigenvalue weighted by molar-refractivity contribution is 8.00. The normalized spacial score (nSPS) is 11.7. The van der Waals surface area contributed by atoms with Gasteiger partial charge in [0.2, 0.25) is 0 Å². The molecule has 6 nitrogen and oxygen atoms in total. The molecule has 8 heteroatoms. The highest BCUT2D eigenvalue weighted by Gasteiger charge is 2.19. The van der Waals surface area contributed by atoms with Gasteiger partial charge >= 0.3 is 11.9 Å². The molecule has 1 atom stereocenters. The summed E-state index contributed by atoms with van der Waals surface area (Å²) in [5.74, 6) is -0.985. The van der Waals surface area contributed by atoms with Crippen molar-refractivity contribution in [2.24, 2.45) is 0 Å². The molecule has 0 aliphatic carbocycles. The second-order valence-electron chi connectivity index (χ2n) is 6.32. The van der Waals surface area contributed by atoms with Gasteiger partial charge in [-0.3, -0.25) is 9.59 Å². The summed E-state index contributed by atoms with van der Waals surface area (Å²) in [5.41, 5.74) is 1.08. The van der Waals surface area contributed by atoms with Crippen molar-refractivity contribution >= 4 is 56.7 Å². The van der Waals surface area contributed by atoms with E-state index in [9.17, 15) is 14.4 Å². The zero-order valence-electron chi connectivity index (χ0n) is 16.8. The second-order valence-corrected chi connectivity index (χ2v) is 8.78. The molecular weight excluding hydrogens is 422 g/mol. The lowest BCUT2D eigenvalue weighted by atomic mass is 10.2. The van der Waals surface area contributed by atoms with Gasteiger partial charge in [-0.25, -0.2) is 4.79 Å². The number of fused-ring (bicyclic) bond motifs is 1. The molecule has 0 fully saturated rings. The first-order valence-electron chi connectivity index (χ1n) is 9.28. The van der Waals surface area contributed by atoms with Crippen LogP contribution >= 0.6 is 23.1 Å². The van der Waals surface area contributed by atoms with Crippen LogP contribution in [-0.4, -0.2) is 36.8 Å². The van der Waals surface area contributed by atoms with Crippen molar-refractivity contribution in [3.63, 3.8) is 0 Å². The van der Waals surface area contributed by atoms with Crippen molar-refractivity contribution in [2.75, 3.05) is 19.0 Å². The van der Waals surface area contributed by atoms with E-state index < -0.39 is 5.25 Å². The number of anilines is 1. The number of methoxy groups -OCH3 is 1. The van der Waals surface area contributed by atoms with Crippen LogP contribution in [0.5, 0.6) is 0 Å². The van der Waals surface area contributed by atoms with Crippen LogP contribution in [0.4, 0.5) is 5.69 Å². The third kappa shape index (κ3) is 5.01. The molecule has 1 amide bonds. The molecule has 1 aromatic heterocycles. The number of thioether (sulfide) groups is 1. The molecule has 3 aromatic rings. The molecule has 1 heterocycles. The van der Waals surface area contributed by atoms with Crippen LogP contribution in [0, 0.1) is 0 Å². The summed E-state index contributed by atoms with van der Waals surface area (Å²) in [4.78, 5) is 37.8. The van der Waals surface area contributed by atoms with Crippen LogP contribution in [-0.2, 0) is 14.3 Å². The van der Waals surface area contributed by atoms with Gasteiger partial charge in [0, 0.05) is 15.3 Å². The molecule has 0 aliphatic heterocycles. The fraction of sp³-hybridized carbons (Fsp3) is 0.227. The predicted molar refractivity (Wildman–Crippen MR) is 120 cm³/mol. The zero-order valence-corrected chi connectivity index (χ0v) is 18.4. The average Bonchev–Trinajstić information content (AvgIpc) is 3.17. The first-order chi connectivity index (χ1) is 14.4. The van der Waals surface area contributed by atoms with Gasteiger partial charge in [-0.2, -0.15) is 0 Å². The molecule has 2 aromatic carbocycles. The number of thiophene rings is 1. The predicted octanol–water partition coefficient (Wildman–Crippen LogP) is 4.98. The van der Waals surface area contributed by atoms with Crippen LogP contribution in [0.15, 0.2) is 53.4 Å². The largest absolute Gasteiger partial charge is 0.468 e. The second kappa shape index (κ2) is 9.77. The maximum atomic E-state index is 12.9. The molecule has 3 rings (SSSR count). The Bertz CT molecular complexity index is 1090. The maximum absolute atomic E-state index is 12.9. The number of rotatable bonds is 7. The highest BCUT2D eigenvalue weighted by Crippen LogP contribution is 2.30. The first kappa shape index (κ1) is 21.9. The number of esters is 2. The lowest BCUT2D eigenvalue weighted by molar-refractivity contribution is -0.139. The Labute approximate surface area is 182 Å². The van der Waals surface area contributed by atoms with Crippen LogP contribution in [0.3, 0.4) is 0 Å². The Morgan fingerprint density at radius 2 is 1.90 bits per heavy atom. The van der Waals surface area contributed by atoms with Gasteiger partial charge in [0.05, 0.1) is 19.3 Å². The zero-order chi connectivity index (χ0) is 21.7. The van der Waals surface area contributed by atoms with Crippen LogP contribution in [0.2, 0.25) is 0 Å². The van der Waals surface area contributed by atoms with Gasteiger partial charge in [0.15, 0.2) is 0 Å². The van der Waals surface area contributed by atoms with Gasteiger partial charge < -0.3 is 14.8 Å². The van der Waals surface area contributed by atoms with Crippen molar-refractivity contribution in [2.45, 2.75) is 24.0 Å². The molecule has 156 valence electrons. The maximum Gasteiger partial charge on any atom is 0.348 e. The van der Waals surface area contributed by atoms with Gasteiger partial charge in [-0.15, -0.1) is 23.1 Å². The molecular formula is C22H21NO5S2. The molecule has 0 radical (unpaired) electrons. The van der Waals surface area contributed by atoms with Crippen LogP contribution in [0.25, 0.3) is 10.1 Å². The number of carbonyl (C=O) groups excluding carboxylic acids is 3. The fourth-order valence-electron chi connectivity index (χ4n) is 2.78. The average molecular weight is 444 g/mol. The molecule has 0 saturated carbocycles. The quantitative estimate of drug-likeness (QED) is 0.409. The minimum Gasteiger partial charge on any atom is -0.468 e. The highest BCUT2D eigenvalue weighted by atomic mass is 32.2. The number of benzene rings is 2. The Morgan fingerprint density at radius 1 is 1.13 bits per heavy atom. The van der Waals surface area contributed by atoms with E-state index in [2.05, 4.69) is 5.32 Å². The molecule has 0 saturated heterocycles. The molecule has 0 aliphatic rings. The smallest absolute Gasteiger partial charge is 0.348 e. The Morgan fingerprint density at radius 3 is 2.63 bits per heavy atom. The summed E-state index contributed by atoms with van der Waals surface area (Å²) in [5, 5.41) is 3.30. The summed E-state index contributed by atoms with van der Waals surface area (Å²) in [6.45, 7) is 3.82. The topological polar surface area (TPSA) is 81.7 Å². The SMILES string of the molecule is CCOC(=O)c1cc2cc(NC(=O)c3ccccc3SC(C)C(=O)OC)ccc2s1.